The van der Waals surface area contributed by atoms with Crippen molar-refractivity contribution in [3.63, 3.8) is 0 Å². The van der Waals surface area contributed by atoms with Crippen molar-refractivity contribution in [3.8, 4) is 29.9 Å². The summed E-state index contributed by atoms with van der Waals surface area (Å²) in [6.45, 7) is 6.36. The first kappa shape index (κ1) is 37.2. The molecule has 5 nitrogen and oxygen atoms in total. The number of allylic oxidation sites excluding steroid dienone is 4. The zero-order valence-corrected chi connectivity index (χ0v) is 33.0. The largest absolute Gasteiger partial charge is 0.508 e. The van der Waals surface area contributed by atoms with E-state index in [2.05, 4.69) is 80.9 Å². The molecule has 0 radical (unpaired) electrons. The molecule has 0 heterocycles. The zero-order chi connectivity index (χ0) is 38.2. The molecule has 3 N–H and O–H groups in total. The SMILES string of the molecule is C#C[C@]1(O)CC[C@H]2[C@@H]3CCc4cc(O)ccc4[C@H]3CC[C@@]21C.CC#C[C@]1(O)CC[C@H]2[C@@H]3CCC4=CC(=O)CCC4=C3[C@@H](c3ccc(N(C)C)cc3)C[C@@]21C. The van der Waals surface area contributed by atoms with Gasteiger partial charge in [0.25, 0.3) is 0 Å². The van der Waals surface area contributed by atoms with Crippen LogP contribution in [0.1, 0.15) is 126 Å². The van der Waals surface area contributed by atoms with E-state index in [0.717, 1.165) is 77.0 Å². The van der Waals surface area contributed by atoms with Crippen molar-refractivity contribution in [2.75, 3.05) is 19.0 Å². The summed E-state index contributed by atoms with van der Waals surface area (Å²) >= 11 is 0. The first-order valence-electron chi connectivity index (χ1n) is 20.7. The number of benzene rings is 2. The number of fused-ring (bicyclic) bond motifs is 9. The molecule has 10 atom stereocenters. The van der Waals surface area contributed by atoms with Crippen LogP contribution in [0.2, 0.25) is 0 Å². The second kappa shape index (κ2) is 13.5. The van der Waals surface area contributed by atoms with E-state index >= 15 is 0 Å². The molecule has 0 aromatic heterocycles. The molecule has 5 heteroatoms. The smallest absolute Gasteiger partial charge is 0.156 e. The molecule has 2 aromatic carbocycles. The van der Waals surface area contributed by atoms with Gasteiger partial charge in [0, 0.05) is 43.0 Å². The van der Waals surface area contributed by atoms with Gasteiger partial charge in [-0.15, -0.1) is 12.3 Å². The molecular weight excluding hydrogens is 667 g/mol. The van der Waals surface area contributed by atoms with Gasteiger partial charge in [-0.3, -0.25) is 4.79 Å². The number of aromatic hydroxyl groups is 1. The van der Waals surface area contributed by atoms with Crippen LogP contribution in [0.3, 0.4) is 0 Å². The van der Waals surface area contributed by atoms with Crippen LogP contribution in [0.25, 0.3) is 0 Å². The monoisotopic (exact) mass is 725 g/mol. The van der Waals surface area contributed by atoms with E-state index in [1.54, 1.807) is 5.57 Å². The molecule has 0 amide bonds. The minimum Gasteiger partial charge on any atom is -0.508 e. The summed E-state index contributed by atoms with van der Waals surface area (Å²) in [6.07, 6.45) is 20.0. The molecule has 2 aromatic rings. The lowest BCUT2D eigenvalue weighted by atomic mass is 9.51. The van der Waals surface area contributed by atoms with Crippen molar-refractivity contribution in [1.29, 1.82) is 0 Å². The molecule has 4 fully saturated rings. The normalized spacial score (nSPS) is 38.7. The lowest BCUT2D eigenvalue weighted by Crippen LogP contribution is -2.51. The van der Waals surface area contributed by atoms with Crippen molar-refractivity contribution in [2.45, 2.75) is 127 Å². The van der Waals surface area contributed by atoms with Gasteiger partial charge < -0.3 is 20.2 Å². The Kier molecular flexibility index (Phi) is 9.27. The van der Waals surface area contributed by atoms with Gasteiger partial charge in [-0.05, 0) is 172 Å². The summed E-state index contributed by atoms with van der Waals surface area (Å²) in [4.78, 5) is 14.3. The highest BCUT2D eigenvalue weighted by atomic mass is 16.3. The Bertz CT molecular complexity index is 2010. The van der Waals surface area contributed by atoms with E-state index < -0.39 is 11.2 Å². The predicted molar refractivity (Wildman–Crippen MR) is 216 cm³/mol. The minimum atomic E-state index is -0.919. The minimum absolute atomic E-state index is 0.128. The fraction of sp³-hybridized carbons (Fsp3) is 0.571. The van der Waals surface area contributed by atoms with Crippen molar-refractivity contribution in [1.82, 2.24) is 0 Å². The molecule has 9 rings (SSSR count). The average Bonchev–Trinajstić information content (AvgIpc) is 3.59. The van der Waals surface area contributed by atoms with E-state index in [4.69, 9.17) is 6.42 Å². The Morgan fingerprint density at radius 3 is 2.28 bits per heavy atom. The maximum Gasteiger partial charge on any atom is 0.156 e. The molecule has 0 unspecified atom stereocenters. The molecule has 0 spiro atoms. The number of terminal acetylenes is 1. The zero-order valence-electron chi connectivity index (χ0n) is 33.0. The number of ketones is 1. The van der Waals surface area contributed by atoms with Gasteiger partial charge in [0.2, 0.25) is 0 Å². The molecule has 4 saturated carbocycles. The van der Waals surface area contributed by atoms with Crippen LogP contribution in [0, 0.1) is 58.7 Å². The number of carbonyl (C=O) groups is 1. The van der Waals surface area contributed by atoms with E-state index in [1.165, 1.54) is 33.5 Å². The van der Waals surface area contributed by atoms with Gasteiger partial charge in [0.15, 0.2) is 5.78 Å². The van der Waals surface area contributed by atoms with Gasteiger partial charge >= 0.3 is 0 Å². The number of phenols is 1. The lowest BCUT2D eigenvalue weighted by Gasteiger charge is -2.53. The second-order valence-corrected chi connectivity index (χ2v) is 18.6. The van der Waals surface area contributed by atoms with Crippen LogP contribution in [-0.2, 0) is 11.2 Å². The Hall–Kier alpha value is -3.77. The van der Waals surface area contributed by atoms with Gasteiger partial charge in [-0.1, -0.05) is 49.5 Å². The number of hydrogen-bond acceptors (Lipinski definition) is 5. The number of phenolic OH excluding ortho intramolecular Hbond substituents is 1. The molecule has 0 saturated heterocycles. The number of hydrogen-bond donors (Lipinski definition) is 3. The van der Waals surface area contributed by atoms with E-state index in [1.807, 2.05) is 25.1 Å². The topological polar surface area (TPSA) is 81.0 Å². The Balaban J connectivity index is 0.000000164. The number of rotatable bonds is 2. The summed E-state index contributed by atoms with van der Waals surface area (Å²) < 4.78 is 0. The number of aryl methyl sites for hydroxylation is 1. The average molecular weight is 726 g/mol. The van der Waals surface area contributed by atoms with E-state index in [9.17, 15) is 20.1 Å². The summed E-state index contributed by atoms with van der Waals surface area (Å²) in [5, 5.41) is 32.4. The number of nitrogens with zero attached hydrogens (tertiary/aromatic N) is 1. The maximum atomic E-state index is 12.2. The number of anilines is 1. The molecule has 0 aliphatic heterocycles. The van der Waals surface area contributed by atoms with E-state index in [0.29, 0.717) is 41.8 Å². The highest BCUT2D eigenvalue weighted by molar-refractivity contribution is 5.93. The summed E-state index contributed by atoms with van der Waals surface area (Å²) in [7, 11) is 4.14. The van der Waals surface area contributed by atoms with Crippen LogP contribution in [-0.4, -0.2) is 46.4 Å². The van der Waals surface area contributed by atoms with Crippen molar-refractivity contribution >= 4 is 11.5 Å². The van der Waals surface area contributed by atoms with Gasteiger partial charge in [-0.25, -0.2) is 0 Å². The third kappa shape index (κ3) is 5.63. The van der Waals surface area contributed by atoms with Gasteiger partial charge in [0.1, 0.15) is 17.0 Å². The molecule has 284 valence electrons. The van der Waals surface area contributed by atoms with E-state index in [-0.39, 0.29) is 22.5 Å². The van der Waals surface area contributed by atoms with Crippen molar-refractivity contribution in [2.24, 2.45) is 34.5 Å². The Labute approximate surface area is 323 Å². The standard InChI is InChI=1S/C29H35NO2.C20H24O2/c1-5-15-29(32)16-14-26-24-12-8-20-17-22(31)11-13-23(20)27(24)25(18-28(26,29)2)19-6-9-21(10-7-19)30(3)4;1-3-20(22)11-9-18-17-6-4-13-12-14(21)5-7-15(13)16(17)8-10-19(18,20)2/h6-7,9-10,17,24-26,32H,8,11-14,16,18H2,1-4H3;1,5,7,12,16-18,21-22H,4,6,8-11H2,2H3/t24-,25+,26-,28-,29-;16-,17-,18+,19+,20+/m01/s1. The highest BCUT2D eigenvalue weighted by Gasteiger charge is 2.63. The maximum absolute atomic E-state index is 12.2. The summed E-state index contributed by atoms with van der Waals surface area (Å²) in [5.41, 5.74) is 7.41. The fourth-order valence-electron chi connectivity index (χ4n) is 13.2. The van der Waals surface area contributed by atoms with Gasteiger partial charge in [-0.2, -0.15) is 0 Å². The Morgan fingerprint density at radius 2 is 1.56 bits per heavy atom. The van der Waals surface area contributed by atoms with Crippen LogP contribution < -0.4 is 4.90 Å². The molecule has 54 heavy (non-hydrogen) atoms. The highest BCUT2D eigenvalue weighted by Crippen LogP contribution is 2.67. The summed E-state index contributed by atoms with van der Waals surface area (Å²) in [6, 6.07) is 14.8. The van der Waals surface area contributed by atoms with Gasteiger partial charge in [0.05, 0.1) is 0 Å². The number of carbonyl (C=O) groups excluding carboxylic acids is 1. The third-order valence-corrected chi connectivity index (χ3v) is 16.1. The second-order valence-electron chi connectivity index (χ2n) is 18.6. The van der Waals surface area contributed by atoms with Crippen LogP contribution in [0.15, 0.2) is 65.3 Å². The molecular formula is C49H59NO4. The van der Waals surface area contributed by atoms with Crippen molar-refractivity contribution in [3.05, 3.63) is 82.0 Å². The molecule has 7 aliphatic carbocycles. The molecule has 7 aliphatic rings. The van der Waals surface area contributed by atoms with Crippen LogP contribution >= 0.6 is 0 Å². The predicted octanol–water partition coefficient (Wildman–Crippen LogP) is 9.02. The third-order valence-electron chi connectivity index (χ3n) is 16.1. The first-order valence-corrected chi connectivity index (χ1v) is 20.7. The number of aliphatic hydroxyl groups is 2. The fourth-order valence-corrected chi connectivity index (χ4v) is 13.2. The Morgan fingerprint density at radius 1 is 0.815 bits per heavy atom. The summed E-state index contributed by atoms with van der Waals surface area (Å²) in [5.74, 6) is 12.6. The van der Waals surface area contributed by atoms with Crippen molar-refractivity contribution < 1.29 is 20.1 Å². The van der Waals surface area contributed by atoms with Crippen LogP contribution in [0.4, 0.5) is 5.69 Å². The quantitative estimate of drug-likeness (QED) is 0.270. The lowest BCUT2D eigenvalue weighted by molar-refractivity contribution is -0.114. The van der Waals surface area contributed by atoms with Crippen LogP contribution in [0.5, 0.6) is 5.75 Å². The first-order chi connectivity index (χ1) is 25.8. The molecule has 0 bridgehead atoms.